The Balaban J connectivity index is 1.73. The van der Waals surface area contributed by atoms with Crippen LogP contribution in [0, 0.1) is 0 Å². The van der Waals surface area contributed by atoms with Crippen LogP contribution in [0.2, 0.25) is 0 Å². The molecule has 0 aliphatic carbocycles. The van der Waals surface area contributed by atoms with Crippen LogP contribution in [0.15, 0.2) is 34.1 Å². The third-order valence-corrected chi connectivity index (χ3v) is 5.51. The first kappa shape index (κ1) is 18.0. The quantitative estimate of drug-likeness (QED) is 0.747. The molecule has 0 spiro atoms. The average Bonchev–Trinajstić information content (AvgIpc) is 3.07. The number of hydrogen-bond donors (Lipinski definition) is 1. The van der Waals surface area contributed by atoms with Crippen molar-refractivity contribution in [2.24, 2.45) is 0 Å². The highest BCUT2D eigenvalue weighted by molar-refractivity contribution is 9.10. The summed E-state index contributed by atoms with van der Waals surface area (Å²) in [5.41, 5.74) is 1.95. The normalized spacial score (nSPS) is 18.0. The van der Waals surface area contributed by atoms with Crippen LogP contribution in [0.25, 0.3) is 10.6 Å². The van der Waals surface area contributed by atoms with Crippen LogP contribution < -0.4 is 5.32 Å². The molecule has 0 saturated carbocycles. The Hall–Kier alpha value is -1.77. The summed E-state index contributed by atoms with van der Waals surface area (Å²) < 4.78 is 5.73. The smallest absolute Gasteiger partial charge is 0.307 e. The second-order valence-electron chi connectivity index (χ2n) is 5.71. The summed E-state index contributed by atoms with van der Waals surface area (Å²) in [7, 11) is 1.33. The highest BCUT2D eigenvalue weighted by atomic mass is 79.9. The lowest BCUT2D eigenvalue weighted by Crippen LogP contribution is -2.55. The fourth-order valence-electron chi connectivity index (χ4n) is 2.73. The standard InChI is InChI=1S/C17H18BrN3O3S/c1-24-15(22)8-14-16(23)19-6-7-21(14)9-13-10-25-17(20-13)11-2-4-12(18)5-3-11/h2-5,10,14H,6-9H2,1H3,(H,19,23). The maximum Gasteiger partial charge on any atom is 0.307 e. The predicted octanol–water partition coefficient (Wildman–Crippen LogP) is 2.44. The molecule has 1 aliphatic rings. The van der Waals surface area contributed by atoms with Crippen LogP contribution in [0.3, 0.4) is 0 Å². The van der Waals surface area contributed by atoms with Crippen molar-refractivity contribution in [3.8, 4) is 10.6 Å². The van der Waals surface area contributed by atoms with Crippen molar-refractivity contribution in [1.82, 2.24) is 15.2 Å². The van der Waals surface area contributed by atoms with Crippen molar-refractivity contribution >= 4 is 39.1 Å². The fraction of sp³-hybridized carbons (Fsp3) is 0.353. The predicted molar refractivity (Wildman–Crippen MR) is 99.1 cm³/mol. The molecule has 6 nitrogen and oxygen atoms in total. The number of methoxy groups -OCH3 is 1. The number of amides is 1. The van der Waals surface area contributed by atoms with Gasteiger partial charge in [-0.05, 0) is 12.1 Å². The van der Waals surface area contributed by atoms with Crippen molar-refractivity contribution in [1.29, 1.82) is 0 Å². The molecule has 0 radical (unpaired) electrons. The Morgan fingerprint density at radius 1 is 1.44 bits per heavy atom. The third-order valence-electron chi connectivity index (χ3n) is 4.04. The van der Waals surface area contributed by atoms with Crippen molar-refractivity contribution < 1.29 is 14.3 Å². The number of nitrogens with one attached hydrogen (secondary N) is 1. The van der Waals surface area contributed by atoms with Gasteiger partial charge in [-0.25, -0.2) is 4.98 Å². The van der Waals surface area contributed by atoms with Gasteiger partial charge in [0.2, 0.25) is 5.91 Å². The van der Waals surface area contributed by atoms with E-state index in [9.17, 15) is 9.59 Å². The number of benzene rings is 1. The zero-order chi connectivity index (χ0) is 17.8. The lowest BCUT2D eigenvalue weighted by atomic mass is 10.1. The lowest BCUT2D eigenvalue weighted by molar-refractivity contribution is -0.146. The summed E-state index contributed by atoms with van der Waals surface area (Å²) in [5.74, 6) is -0.527. The molecule has 1 aromatic carbocycles. The average molecular weight is 424 g/mol. The van der Waals surface area contributed by atoms with Crippen LogP contribution in [0.4, 0.5) is 0 Å². The van der Waals surface area contributed by atoms with Gasteiger partial charge >= 0.3 is 5.97 Å². The summed E-state index contributed by atoms with van der Waals surface area (Å²) >= 11 is 5.00. The van der Waals surface area contributed by atoms with E-state index in [1.807, 2.05) is 34.5 Å². The number of hydrogen-bond acceptors (Lipinski definition) is 6. The van der Waals surface area contributed by atoms with Crippen molar-refractivity contribution in [3.63, 3.8) is 0 Å². The van der Waals surface area contributed by atoms with Gasteiger partial charge < -0.3 is 10.1 Å². The van der Waals surface area contributed by atoms with E-state index in [2.05, 4.69) is 26.2 Å². The first-order chi connectivity index (χ1) is 12.1. The number of carbonyl (C=O) groups excluding carboxylic acids is 2. The summed E-state index contributed by atoms with van der Waals surface area (Å²) in [6.45, 7) is 1.78. The van der Waals surface area contributed by atoms with Crippen molar-refractivity contribution in [2.75, 3.05) is 20.2 Å². The number of esters is 1. The summed E-state index contributed by atoms with van der Waals surface area (Å²) in [4.78, 5) is 30.4. The molecule has 0 bridgehead atoms. The van der Waals surface area contributed by atoms with E-state index in [0.717, 1.165) is 20.7 Å². The molecule has 2 aromatic rings. The Bertz CT molecular complexity index is 763. The van der Waals surface area contributed by atoms with E-state index < -0.39 is 6.04 Å². The number of halogens is 1. The highest BCUT2D eigenvalue weighted by Gasteiger charge is 2.32. The molecule has 1 aromatic heterocycles. The molecular formula is C17H18BrN3O3S. The molecule has 1 saturated heterocycles. The van der Waals surface area contributed by atoms with E-state index in [0.29, 0.717) is 19.6 Å². The van der Waals surface area contributed by atoms with Gasteiger partial charge in [0.15, 0.2) is 0 Å². The van der Waals surface area contributed by atoms with E-state index in [4.69, 9.17) is 4.74 Å². The topological polar surface area (TPSA) is 71.5 Å². The number of carbonyl (C=O) groups is 2. The Morgan fingerprint density at radius 3 is 2.92 bits per heavy atom. The van der Waals surface area contributed by atoms with Gasteiger partial charge in [0, 0.05) is 35.1 Å². The van der Waals surface area contributed by atoms with Crippen LogP contribution in [-0.2, 0) is 20.9 Å². The van der Waals surface area contributed by atoms with Crippen molar-refractivity contribution in [2.45, 2.75) is 19.0 Å². The lowest BCUT2D eigenvalue weighted by Gasteiger charge is -2.33. The number of aromatic nitrogens is 1. The molecule has 1 atom stereocenters. The molecule has 1 unspecified atom stereocenters. The number of piperazine rings is 1. The second-order valence-corrected chi connectivity index (χ2v) is 7.48. The highest BCUT2D eigenvalue weighted by Crippen LogP contribution is 2.26. The third kappa shape index (κ3) is 4.45. The Morgan fingerprint density at radius 2 is 2.20 bits per heavy atom. The first-order valence-electron chi connectivity index (χ1n) is 7.85. The largest absolute Gasteiger partial charge is 0.469 e. The molecule has 8 heteroatoms. The molecule has 3 rings (SSSR count). The maximum absolute atomic E-state index is 12.1. The summed E-state index contributed by atoms with van der Waals surface area (Å²) in [5, 5.41) is 5.74. The van der Waals surface area contributed by atoms with Gasteiger partial charge in [-0.3, -0.25) is 14.5 Å². The monoisotopic (exact) mass is 423 g/mol. The van der Waals surface area contributed by atoms with Crippen molar-refractivity contribution in [3.05, 3.63) is 39.8 Å². The molecule has 1 fully saturated rings. The minimum atomic E-state index is -0.515. The zero-order valence-corrected chi connectivity index (χ0v) is 16.1. The van der Waals surface area contributed by atoms with Gasteiger partial charge in [-0.2, -0.15) is 0 Å². The van der Waals surface area contributed by atoms with Gasteiger partial charge in [0.05, 0.1) is 19.2 Å². The van der Waals surface area contributed by atoms with E-state index in [1.165, 1.54) is 7.11 Å². The number of rotatable bonds is 5. The minimum Gasteiger partial charge on any atom is -0.469 e. The van der Waals surface area contributed by atoms with Gasteiger partial charge in [0.25, 0.3) is 0 Å². The Kier molecular flexibility index (Phi) is 5.82. The first-order valence-corrected chi connectivity index (χ1v) is 9.53. The number of thiazole rings is 1. The van der Waals surface area contributed by atoms with Crippen LogP contribution in [0.1, 0.15) is 12.1 Å². The second kappa shape index (κ2) is 8.07. The molecule has 2 heterocycles. The minimum absolute atomic E-state index is 0.0477. The van der Waals surface area contributed by atoms with Crippen LogP contribution in [-0.4, -0.2) is 48.0 Å². The molecule has 1 aliphatic heterocycles. The SMILES string of the molecule is COC(=O)CC1C(=O)NCCN1Cc1csc(-c2ccc(Br)cc2)n1. The maximum atomic E-state index is 12.1. The zero-order valence-electron chi connectivity index (χ0n) is 13.7. The van der Waals surface area contributed by atoms with Gasteiger partial charge in [0.1, 0.15) is 11.0 Å². The van der Waals surface area contributed by atoms with Crippen LogP contribution >= 0.6 is 27.3 Å². The van der Waals surface area contributed by atoms with Gasteiger partial charge in [-0.15, -0.1) is 11.3 Å². The molecule has 25 heavy (non-hydrogen) atoms. The molecular weight excluding hydrogens is 406 g/mol. The van der Waals surface area contributed by atoms with E-state index in [1.54, 1.807) is 11.3 Å². The van der Waals surface area contributed by atoms with E-state index in [-0.39, 0.29) is 18.3 Å². The Labute approximate surface area is 158 Å². The van der Waals surface area contributed by atoms with E-state index >= 15 is 0 Å². The van der Waals surface area contributed by atoms with Crippen LogP contribution in [0.5, 0.6) is 0 Å². The summed E-state index contributed by atoms with van der Waals surface area (Å²) in [6.07, 6.45) is 0.0477. The van der Waals surface area contributed by atoms with Gasteiger partial charge in [-0.1, -0.05) is 28.1 Å². The molecule has 1 amide bonds. The summed E-state index contributed by atoms with van der Waals surface area (Å²) in [6, 6.07) is 7.48. The number of nitrogens with zero attached hydrogens (tertiary/aromatic N) is 2. The number of ether oxygens (including phenoxy) is 1. The molecule has 132 valence electrons. The molecule has 1 N–H and O–H groups in total. The fourth-order valence-corrected chi connectivity index (χ4v) is 3.81.